The summed E-state index contributed by atoms with van der Waals surface area (Å²) in [7, 11) is -0.900. The van der Waals surface area contributed by atoms with Gasteiger partial charge in [-0.3, -0.25) is 0 Å². The highest BCUT2D eigenvalue weighted by Gasteiger charge is 2.31. The summed E-state index contributed by atoms with van der Waals surface area (Å²) in [6, 6.07) is 0. The first kappa shape index (κ1) is 13.0. The number of nitrogens with one attached hydrogen (secondary N) is 1. The van der Waals surface area contributed by atoms with Gasteiger partial charge in [-0.2, -0.15) is 0 Å². The average molecular weight is 274 g/mol. The number of aromatic nitrogens is 1. The van der Waals surface area contributed by atoms with E-state index in [0.717, 1.165) is 30.1 Å². The molecule has 0 bridgehead atoms. The lowest BCUT2D eigenvalue weighted by molar-refractivity contribution is 0.601. The Kier molecular flexibility index (Phi) is 3.85. The van der Waals surface area contributed by atoms with Gasteiger partial charge >= 0.3 is 0 Å². The molecule has 2 heterocycles. The molecule has 1 saturated heterocycles. The van der Waals surface area contributed by atoms with Crippen molar-refractivity contribution in [2.24, 2.45) is 0 Å². The normalized spacial score (nSPS) is 23.1. The predicted molar refractivity (Wildman–Crippen MR) is 70.3 cm³/mol. The molecule has 0 aromatic carbocycles. The first-order valence-electron chi connectivity index (χ1n) is 5.89. The molecule has 2 rings (SSSR count). The molecule has 1 atom stereocenters. The Hall–Kier alpha value is -0.460. The highest BCUT2D eigenvalue weighted by molar-refractivity contribution is 7.91. The van der Waals surface area contributed by atoms with Crippen molar-refractivity contribution in [1.29, 1.82) is 0 Å². The van der Waals surface area contributed by atoms with Crippen LogP contribution in [-0.2, 0) is 22.8 Å². The molecule has 1 aliphatic rings. The van der Waals surface area contributed by atoms with Crippen LogP contribution in [0.1, 0.15) is 34.8 Å². The number of thiazole rings is 1. The van der Waals surface area contributed by atoms with Crippen molar-refractivity contribution in [2.45, 2.75) is 32.2 Å². The van der Waals surface area contributed by atoms with Crippen LogP contribution >= 0.6 is 11.3 Å². The van der Waals surface area contributed by atoms with Crippen molar-refractivity contribution in [3.63, 3.8) is 0 Å². The lowest BCUT2D eigenvalue weighted by atomic mass is 10.1. The van der Waals surface area contributed by atoms with Crippen LogP contribution in [0.15, 0.2) is 0 Å². The molecule has 0 spiro atoms. The van der Waals surface area contributed by atoms with Crippen LogP contribution in [0.25, 0.3) is 0 Å². The Morgan fingerprint density at radius 2 is 2.29 bits per heavy atom. The fourth-order valence-corrected chi connectivity index (χ4v) is 5.30. The molecule has 0 saturated carbocycles. The van der Waals surface area contributed by atoms with Gasteiger partial charge in [0.2, 0.25) is 0 Å². The summed E-state index contributed by atoms with van der Waals surface area (Å²) in [5, 5.41) is 4.14. The molecule has 0 radical (unpaired) electrons. The third-order valence-electron chi connectivity index (χ3n) is 3.05. The molecule has 1 unspecified atom stereocenters. The van der Waals surface area contributed by atoms with E-state index >= 15 is 0 Å². The third-order valence-corrected chi connectivity index (χ3v) is 6.08. The highest BCUT2D eigenvalue weighted by Crippen LogP contribution is 2.33. The van der Waals surface area contributed by atoms with Gasteiger partial charge in [0.25, 0.3) is 0 Å². The standard InChI is InChI=1S/C11H18N2O2S2/c1-3-9-10(6-12-2)16-11(13-9)8-4-5-17(14,15)7-8/h8,12H,3-7H2,1-2H3. The molecular formula is C11H18N2O2S2. The second kappa shape index (κ2) is 5.04. The van der Waals surface area contributed by atoms with Gasteiger partial charge in [0.1, 0.15) is 0 Å². The van der Waals surface area contributed by atoms with Crippen LogP contribution in [0.4, 0.5) is 0 Å². The molecule has 4 nitrogen and oxygen atoms in total. The quantitative estimate of drug-likeness (QED) is 0.900. The van der Waals surface area contributed by atoms with Crippen molar-refractivity contribution in [1.82, 2.24) is 10.3 Å². The Bertz CT molecular complexity index is 494. The maximum Gasteiger partial charge on any atom is 0.151 e. The zero-order valence-corrected chi connectivity index (χ0v) is 11.8. The summed E-state index contributed by atoms with van der Waals surface area (Å²) in [5.41, 5.74) is 1.11. The predicted octanol–water partition coefficient (Wildman–Crippen LogP) is 1.33. The molecule has 6 heteroatoms. The molecule has 1 N–H and O–H groups in total. The number of hydrogen-bond donors (Lipinski definition) is 1. The van der Waals surface area contributed by atoms with Gasteiger partial charge in [0, 0.05) is 17.3 Å². The van der Waals surface area contributed by atoms with E-state index in [-0.39, 0.29) is 11.7 Å². The van der Waals surface area contributed by atoms with Crippen molar-refractivity contribution in [3.8, 4) is 0 Å². The number of nitrogens with zero attached hydrogens (tertiary/aromatic N) is 1. The van der Waals surface area contributed by atoms with Crippen molar-refractivity contribution >= 4 is 21.2 Å². The largest absolute Gasteiger partial charge is 0.315 e. The smallest absolute Gasteiger partial charge is 0.151 e. The summed E-state index contributed by atoms with van der Waals surface area (Å²) < 4.78 is 22.9. The first-order chi connectivity index (χ1) is 8.05. The first-order valence-corrected chi connectivity index (χ1v) is 8.53. The molecule has 0 aliphatic carbocycles. The lowest BCUT2D eigenvalue weighted by Gasteiger charge is -2.00. The maximum absolute atomic E-state index is 11.5. The minimum atomic E-state index is -2.82. The zero-order valence-electron chi connectivity index (χ0n) is 10.2. The summed E-state index contributed by atoms with van der Waals surface area (Å²) in [4.78, 5) is 5.85. The Morgan fingerprint density at radius 3 is 2.82 bits per heavy atom. The summed E-state index contributed by atoms with van der Waals surface area (Å²) in [6.07, 6.45) is 1.64. The number of aryl methyl sites for hydroxylation is 1. The SMILES string of the molecule is CCc1nc(C2CCS(=O)(=O)C2)sc1CNC. The zero-order chi connectivity index (χ0) is 12.5. The fraction of sp³-hybridized carbons (Fsp3) is 0.727. The van der Waals surface area contributed by atoms with Gasteiger partial charge in [0.05, 0.1) is 22.2 Å². The fourth-order valence-electron chi connectivity index (χ4n) is 2.14. The maximum atomic E-state index is 11.5. The Labute approximate surface area is 106 Å². The van der Waals surface area contributed by atoms with Crippen molar-refractivity contribution in [3.05, 3.63) is 15.6 Å². The second-order valence-electron chi connectivity index (χ2n) is 4.41. The van der Waals surface area contributed by atoms with Gasteiger partial charge < -0.3 is 5.32 Å². The molecule has 1 fully saturated rings. The van der Waals surface area contributed by atoms with E-state index in [2.05, 4.69) is 17.2 Å². The van der Waals surface area contributed by atoms with Gasteiger partial charge in [-0.1, -0.05) is 6.92 Å². The Morgan fingerprint density at radius 1 is 1.53 bits per heavy atom. The summed E-state index contributed by atoms with van der Waals surface area (Å²) in [5.74, 6) is 0.726. The minimum absolute atomic E-state index is 0.126. The van der Waals surface area contributed by atoms with Gasteiger partial charge in [-0.15, -0.1) is 11.3 Å². The van der Waals surface area contributed by atoms with Crippen LogP contribution in [0.5, 0.6) is 0 Å². The van der Waals surface area contributed by atoms with E-state index in [1.807, 2.05) is 7.05 Å². The van der Waals surface area contributed by atoms with Crippen molar-refractivity contribution < 1.29 is 8.42 Å². The van der Waals surface area contributed by atoms with E-state index in [1.54, 1.807) is 11.3 Å². The van der Waals surface area contributed by atoms with E-state index in [0.29, 0.717) is 5.75 Å². The van der Waals surface area contributed by atoms with E-state index < -0.39 is 9.84 Å². The summed E-state index contributed by atoms with van der Waals surface area (Å²) in [6.45, 7) is 2.91. The van der Waals surface area contributed by atoms with Crippen LogP contribution in [-0.4, -0.2) is 32.0 Å². The van der Waals surface area contributed by atoms with Crippen molar-refractivity contribution in [2.75, 3.05) is 18.6 Å². The number of sulfone groups is 1. The monoisotopic (exact) mass is 274 g/mol. The van der Waals surface area contributed by atoms with Crippen LogP contribution in [0, 0.1) is 0 Å². The molecule has 17 heavy (non-hydrogen) atoms. The average Bonchev–Trinajstić information content (AvgIpc) is 2.82. The van der Waals surface area contributed by atoms with Crippen LogP contribution < -0.4 is 5.32 Å². The second-order valence-corrected chi connectivity index (χ2v) is 7.75. The van der Waals surface area contributed by atoms with E-state index in [1.165, 1.54) is 4.88 Å². The number of hydrogen-bond acceptors (Lipinski definition) is 5. The minimum Gasteiger partial charge on any atom is -0.315 e. The van der Waals surface area contributed by atoms with E-state index in [9.17, 15) is 8.42 Å². The van der Waals surface area contributed by atoms with Gasteiger partial charge in [-0.05, 0) is 19.9 Å². The van der Waals surface area contributed by atoms with E-state index in [4.69, 9.17) is 0 Å². The molecule has 0 amide bonds. The summed E-state index contributed by atoms with van der Waals surface area (Å²) >= 11 is 1.67. The molecule has 96 valence electrons. The van der Waals surface area contributed by atoms with Crippen LogP contribution in [0.2, 0.25) is 0 Å². The molecular weight excluding hydrogens is 256 g/mol. The third kappa shape index (κ3) is 2.86. The Balaban J connectivity index is 2.22. The van der Waals surface area contributed by atoms with Gasteiger partial charge in [0.15, 0.2) is 9.84 Å². The number of rotatable bonds is 4. The lowest BCUT2D eigenvalue weighted by Crippen LogP contribution is -2.05. The van der Waals surface area contributed by atoms with Gasteiger partial charge in [-0.25, -0.2) is 13.4 Å². The topological polar surface area (TPSA) is 59.1 Å². The van der Waals surface area contributed by atoms with Crippen LogP contribution in [0.3, 0.4) is 0 Å². The molecule has 1 aromatic rings. The molecule has 1 aliphatic heterocycles. The highest BCUT2D eigenvalue weighted by atomic mass is 32.2. The molecule has 1 aromatic heterocycles.